The Labute approximate surface area is 123 Å². The molecular weight excluding hydrogens is 270 g/mol. The minimum absolute atomic E-state index is 0.134. The number of rotatable bonds is 6. The summed E-state index contributed by atoms with van der Waals surface area (Å²) >= 11 is 1.76. The number of imidazole rings is 1. The van der Waals surface area contributed by atoms with Crippen molar-refractivity contribution in [3.8, 4) is 0 Å². The molecule has 0 unspecified atom stereocenters. The number of H-pyrrole nitrogens is 1. The Kier molecular flexibility index (Phi) is 4.50. The lowest BCUT2D eigenvalue weighted by Crippen LogP contribution is -2.36. The first-order valence-corrected chi connectivity index (χ1v) is 8.16. The highest BCUT2D eigenvalue weighted by atomic mass is 32.1. The summed E-state index contributed by atoms with van der Waals surface area (Å²) in [5.74, 6) is 1.56. The van der Waals surface area contributed by atoms with Gasteiger partial charge in [-0.05, 0) is 36.6 Å². The monoisotopic (exact) mass is 291 g/mol. The van der Waals surface area contributed by atoms with Gasteiger partial charge in [0.1, 0.15) is 11.9 Å². The minimum Gasteiger partial charge on any atom is -0.396 e. The molecule has 1 saturated carbocycles. The van der Waals surface area contributed by atoms with E-state index in [2.05, 4.69) is 32.8 Å². The van der Waals surface area contributed by atoms with E-state index in [1.54, 1.807) is 17.5 Å². The van der Waals surface area contributed by atoms with E-state index in [1.807, 2.05) is 6.20 Å². The molecule has 0 spiro atoms. The molecule has 1 aliphatic carbocycles. The van der Waals surface area contributed by atoms with Crippen LogP contribution in [0.3, 0.4) is 0 Å². The van der Waals surface area contributed by atoms with Crippen LogP contribution in [0.1, 0.15) is 42.4 Å². The van der Waals surface area contributed by atoms with Gasteiger partial charge in [0.05, 0.1) is 0 Å². The summed E-state index contributed by atoms with van der Waals surface area (Å²) in [5.41, 5.74) is 0. The van der Waals surface area contributed by atoms with Crippen molar-refractivity contribution in [3.05, 3.63) is 40.6 Å². The number of hydrogen-bond acceptors (Lipinski definition) is 4. The number of nitrogens with zero attached hydrogens (tertiary/aromatic N) is 1. The van der Waals surface area contributed by atoms with Crippen LogP contribution in [-0.2, 0) is 0 Å². The molecule has 0 amide bonds. The number of aromatic amines is 1. The van der Waals surface area contributed by atoms with Crippen LogP contribution in [0.5, 0.6) is 0 Å². The average Bonchev–Trinajstić information content (AvgIpc) is 3.20. The number of aromatic nitrogens is 2. The predicted molar refractivity (Wildman–Crippen MR) is 80.7 cm³/mol. The van der Waals surface area contributed by atoms with Gasteiger partial charge in [0.2, 0.25) is 0 Å². The second kappa shape index (κ2) is 6.52. The number of hydrogen-bond donors (Lipinski definition) is 3. The molecule has 20 heavy (non-hydrogen) atoms. The third-order valence-corrected chi connectivity index (χ3v) is 5.10. The summed E-state index contributed by atoms with van der Waals surface area (Å²) in [5, 5.41) is 15.1. The summed E-state index contributed by atoms with van der Waals surface area (Å²) in [6, 6.07) is 4.84. The molecule has 0 saturated heterocycles. The fraction of sp³-hybridized carbons (Fsp3) is 0.533. The van der Waals surface area contributed by atoms with Crippen LogP contribution >= 0.6 is 11.3 Å². The van der Waals surface area contributed by atoms with Crippen molar-refractivity contribution in [2.45, 2.75) is 37.8 Å². The molecule has 0 bridgehead atoms. The summed E-state index contributed by atoms with van der Waals surface area (Å²) in [4.78, 5) is 8.94. The molecule has 3 atom stereocenters. The lowest BCUT2D eigenvalue weighted by molar-refractivity contribution is 0.238. The van der Waals surface area contributed by atoms with Crippen molar-refractivity contribution in [1.82, 2.24) is 15.3 Å². The van der Waals surface area contributed by atoms with Gasteiger partial charge in [-0.2, -0.15) is 0 Å². The molecule has 2 heterocycles. The molecule has 0 aliphatic heterocycles. The zero-order valence-corrected chi connectivity index (χ0v) is 12.3. The molecule has 1 fully saturated rings. The van der Waals surface area contributed by atoms with Crippen LogP contribution in [0.15, 0.2) is 29.9 Å². The molecule has 5 heteroatoms. The highest BCUT2D eigenvalue weighted by Gasteiger charge is 2.30. The Hall–Kier alpha value is -1.17. The van der Waals surface area contributed by atoms with Gasteiger partial charge in [0, 0.05) is 29.9 Å². The van der Waals surface area contributed by atoms with E-state index in [4.69, 9.17) is 0 Å². The minimum atomic E-state index is 0.134. The predicted octanol–water partition coefficient (Wildman–Crippen LogP) is 2.70. The topological polar surface area (TPSA) is 60.9 Å². The van der Waals surface area contributed by atoms with Crippen molar-refractivity contribution in [1.29, 1.82) is 0 Å². The van der Waals surface area contributed by atoms with Crippen molar-refractivity contribution in [2.24, 2.45) is 5.92 Å². The third kappa shape index (κ3) is 2.95. The summed E-state index contributed by atoms with van der Waals surface area (Å²) in [6.07, 6.45) is 8.22. The standard InChI is InChI=1S/C15H21N3OS/c19-9-6-11-3-1-4-12(11)18-14(13-5-2-10-20-13)15-16-7-8-17-15/h2,5,7-8,10-12,14,18-19H,1,3-4,6,9H2,(H,16,17)/t11-,12+,14-/m0/s1. The molecule has 4 nitrogen and oxygen atoms in total. The van der Waals surface area contributed by atoms with E-state index in [0.29, 0.717) is 12.0 Å². The van der Waals surface area contributed by atoms with Crippen molar-refractivity contribution in [3.63, 3.8) is 0 Å². The molecule has 3 N–H and O–H groups in total. The molecule has 2 aromatic rings. The Morgan fingerprint density at radius 2 is 2.45 bits per heavy atom. The van der Waals surface area contributed by atoms with Crippen LogP contribution < -0.4 is 5.32 Å². The molecule has 0 aromatic carbocycles. The van der Waals surface area contributed by atoms with E-state index >= 15 is 0 Å². The quantitative estimate of drug-likeness (QED) is 0.767. The second-order valence-corrected chi connectivity index (χ2v) is 6.38. The lowest BCUT2D eigenvalue weighted by atomic mass is 9.99. The maximum atomic E-state index is 9.20. The van der Waals surface area contributed by atoms with Crippen LogP contribution in [-0.4, -0.2) is 27.7 Å². The molecule has 3 rings (SSSR count). The fourth-order valence-corrected chi connectivity index (χ4v) is 3.96. The average molecular weight is 291 g/mol. The first-order valence-electron chi connectivity index (χ1n) is 7.28. The largest absolute Gasteiger partial charge is 0.396 e. The number of aliphatic hydroxyl groups is 1. The van der Waals surface area contributed by atoms with Crippen LogP contribution in [0.25, 0.3) is 0 Å². The SMILES string of the molecule is OCC[C@@H]1CCC[C@H]1N[C@H](c1ncc[nH]1)c1cccs1. The maximum Gasteiger partial charge on any atom is 0.128 e. The molecule has 2 aromatic heterocycles. The zero-order valence-electron chi connectivity index (χ0n) is 11.5. The zero-order chi connectivity index (χ0) is 13.8. The van der Waals surface area contributed by atoms with Gasteiger partial charge in [0.15, 0.2) is 0 Å². The third-order valence-electron chi connectivity index (χ3n) is 4.16. The summed E-state index contributed by atoms with van der Waals surface area (Å²) in [6.45, 7) is 0.285. The molecule has 1 aliphatic rings. The van der Waals surface area contributed by atoms with Crippen molar-refractivity contribution < 1.29 is 5.11 Å². The van der Waals surface area contributed by atoms with Gasteiger partial charge in [-0.3, -0.25) is 5.32 Å². The van der Waals surface area contributed by atoms with Crippen molar-refractivity contribution in [2.75, 3.05) is 6.61 Å². The fourth-order valence-electron chi connectivity index (χ4n) is 3.17. The summed E-state index contributed by atoms with van der Waals surface area (Å²) < 4.78 is 0. The van der Waals surface area contributed by atoms with E-state index < -0.39 is 0 Å². The molecular formula is C15H21N3OS. The van der Waals surface area contributed by atoms with Gasteiger partial charge in [0.25, 0.3) is 0 Å². The Morgan fingerprint density at radius 1 is 1.50 bits per heavy atom. The van der Waals surface area contributed by atoms with E-state index in [9.17, 15) is 5.11 Å². The number of nitrogens with one attached hydrogen (secondary N) is 2. The maximum absolute atomic E-state index is 9.20. The second-order valence-electron chi connectivity index (χ2n) is 5.40. The first-order chi connectivity index (χ1) is 9.88. The van der Waals surface area contributed by atoms with Crippen LogP contribution in [0.4, 0.5) is 0 Å². The van der Waals surface area contributed by atoms with Crippen LogP contribution in [0, 0.1) is 5.92 Å². The summed E-state index contributed by atoms with van der Waals surface area (Å²) in [7, 11) is 0. The van der Waals surface area contributed by atoms with E-state index in [1.165, 1.54) is 24.1 Å². The van der Waals surface area contributed by atoms with Gasteiger partial charge >= 0.3 is 0 Å². The Morgan fingerprint density at radius 3 is 3.15 bits per heavy atom. The van der Waals surface area contributed by atoms with Gasteiger partial charge in [-0.1, -0.05) is 12.5 Å². The lowest BCUT2D eigenvalue weighted by Gasteiger charge is -2.25. The van der Waals surface area contributed by atoms with Gasteiger partial charge in [-0.15, -0.1) is 11.3 Å². The Bertz CT molecular complexity index is 463. The normalized spacial score (nSPS) is 24.1. The number of aliphatic hydroxyl groups excluding tert-OH is 1. The van der Waals surface area contributed by atoms with Crippen LogP contribution in [0.2, 0.25) is 0 Å². The molecule has 108 valence electrons. The van der Waals surface area contributed by atoms with E-state index in [0.717, 1.165) is 12.2 Å². The smallest absolute Gasteiger partial charge is 0.128 e. The van der Waals surface area contributed by atoms with Crippen molar-refractivity contribution >= 4 is 11.3 Å². The van der Waals surface area contributed by atoms with Gasteiger partial charge in [-0.25, -0.2) is 4.98 Å². The highest BCUT2D eigenvalue weighted by Crippen LogP contribution is 2.32. The van der Waals surface area contributed by atoms with E-state index in [-0.39, 0.29) is 12.6 Å². The Balaban J connectivity index is 1.77. The first kappa shape index (κ1) is 13.8. The highest BCUT2D eigenvalue weighted by molar-refractivity contribution is 7.10. The van der Waals surface area contributed by atoms with Gasteiger partial charge < -0.3 is 10.1 Å². The number of thiophene rings is 1. The molecule has 0 radical (unpaired) electrons.